The Kier molecular flexibility index (Phi) is 8.14. The molecule has 0 heterocycles. The summed E-state index contributed by atoms with van der Waals surface area (Å²) in [5, 5.41) is 0. The average molecular weight is 226 g/mol. The van der Waals surface area contributed by atoms with E-state index in [1.54, 1.807) is 0 Å². The Morgan fingerprint density at radius 2 is 1.25 bits per heavy atom. The van der Waals surface area contributed by atoms with Gasteiger partial charge in [0.2, 0.25) is 0 Å². The minimum absolute atomic E-state index is 0.842. The first-order chi connectivity index (χ1) is 7.47. The van der Waals surface area contributed by atoms with Crippen molar-refractivity contribution in [2.24, 2.45) is 29.6 Å². The Labute approximate surface area is 104 Å². The van der Waals surface area contributed by atoms with Crippen LogP contribution in [0.5, 0.6) is 0 Å². The van der Waals surface area contributed by atoms with Gasteiger partial charge in [-0.15, -0.1) is 0 Å². The minimum atomic E-state index is 0.842. The molecule has 0 bridgehead atoms. The molecule has 0 saturated carbocycles. The lowest BCUT2D eigenvalue weighted by Gasteiger charge is -2.31. The van der Waals surface area contributed by atoms with E-state index in [2.05, 4.69) is 48.5 Å². The Bertz CT molecular complexity index is 159. The molecule has 0 aliphatic heterocycles. The van der Waals surface area contributed by atoms with Crippen LogP contribution in [0.15, 0.2) is 0 Å². The van der Waals surface area contributed by atoms with Crippen molar-refractivity contribution in [1.82, 2.24) is 0 Å². The van der Waals surface area contributed by atoms with Crippen LogP contribution in [-0.2, 0) is 0 Å². The zero-order valence-corrected chi connectivity index (χ0v) is 12.7. The first kappa shape index (κ1) is 16.0. The lowest BCUT2D eigenvalue weighted by molar-refractivity contribution is 0.189. The topological polar surface area (TPSA) is 0 Å². The van der Waals surface area contributed by atoms with E-state index in [0.717, 1.165) is 29.6 Å². The number of hydrogen-bond donors (Lipinski definition) is 0. The van der Waals surface area contributed by atoms with Gasteiger partial charge in [-0.3, -0.25) is 0 Å². The van der Waals surface area contributed by atoms with Crippen LogP contribution in [0, 0.1) is 29.6 Å². The summed E-state index contributed by atoms with van der Waals surface area (Å²) in [6, 6.07) is 0. The standard InChI is InChI=1S/C16H34/c1-8-13(6)15(9-2)11-14(7)16(10-3)12(4)5/h12-16H,8-11H2,1-7H3. The van der Waals surface area contributed by atoms with Crippen molar-refractivity contribution < 1.29 is 0 Å². The Hall–Kier alpha value is 0. The maximum atomic E-state index is 2.47. The molecule has 0 aliphatic carbocycles. The second-order valence-electron chi connectivity index (χ2n) is 6.08. The molecule has 16 heavy (non-hydrogen) atoms. The van der Waals surface area contributed by atoms with E-state index in [-0.39, 0.29) is 0 Å². The molecule has 0 fully saturated rings. The Balaban J connectivity index is 4.32. The summed E-state index contributed by atoms with van der Waals surface area (Å²) in [5.41, 5.74) is 0. The summed E-state index contributed by atoms with van der Waals surface area (Å²) in [6.45, 7) is 16.7. The second-order valence-corrected chi connectivity index (χ2v) is 6.08. The van der Waals surface area contributed by atoms with Gasteiger partial charge in [0.25, 0.3) is 0 Å². The highest BCUT2D eigenvalue weighted by Crippen LogP contribution is 2.33. The van der Waals surface area contributed by atoms with Gasteiger partial charge in [-0.05, 0) is 36.0 Å². The van der Waals surface area contributed by atoms with E-state index >= 15 is 0 Å². The maximum absolute atomic E-state index is 2.47. The molecule has 0 heteroatoms. The molecule has 0 aromatic rings. The predicted molar refractivity (Wildman–Crippen MR) is 75.6 cm³/mol. The molecule has 0 aromatic heterocycles. The summed E-state index contributed by atoms with van der Waals surface area (Å²) in [4.78, 5) is 0. The molecule has 0 radical (unpaired) electrons. The molecule has 0 aliphatic rings. The molecule has 0 saturated heterocycles. The second kappa shape index (κ2) is 8.14. The fraction of sp³-hybridized carbons (Fsp3) is 1.00. The summed E-state index contributed by atoms with van der Waals surface area (Å²) >= 11 is 0. The van der Waals surface area contributed by atoms with Gasteiger partial charge in [0, 0.05) is 0 Å². The van der Waals surface area contributed by atoms with Gasteiger partial charge in [0.1, 0.15) is 0 Å². The maximum Gasteiger partial charge on any atom is -0.0368 e. The van der Waals surface area contributed by atoms with Crippen LogP contribution in [-0.4, -0.2) is 0 Å². The van der Waals surface area contributed by atoms with Crippen LogP contribution in [0.2, 0.25) is 0 Å². The molecule has 0 amide bonds. The smallest absolute Gasteiger partial charge is 0.0368 e. The Morgan fingerprint density at radius 1 is 0.688 bits per heavy atom. The van der Waals surface area contributed by atoms with Crippen LogP contribution in [0.1, 0.15) is 74.1 Å². The predicted octanol–water partition coefficient (Wildman–Crippen LogP) is 5.77. The molecular weight excluding hydrogens is 192 g/mol. The van der Waals surface area contributed by atoms with E-state index in [4.69, 9.17) is 0 Å². The molecule has 4 atom stereocenters. The normalized spacial score (nSPS) is 19.5. The molecule has 0 aromatic carbocycles. The van der Waals surface area contributed by atoms with Gasteiger partial charge < -0.3 is 0 Å². The highest BCUT2D eigenvalue weighted by Gasteiger charge is 2.23. The minimum Gasteiger partial charge on any atom is -0.0651 e. The molecule has 0 N–H and O–H groups in total. The van der Waals surface area contributed by atoms with E-state index in [1.807, 2.05) is 0 Å². The van der Waals surface area contributed by atoms with Crippen LogP contribution < -0.4 is 0 Å². The van der Waals surface area contributed by atoms with Crippen molar-refractivity contribution in [2.75, 3.05) is 0 Å². The van der Waals surface area contributed by atoms with Crippen molar-refractivity contribution in [3.8, 4) is 0 Å². The zero-order chi connectivity index (χ0) is 12.7. The van der Waals surface area contributed by atoms with Gasteiger partial charge in [-0.1, -0.05) is 67.7 Å². The first-order valence-electron chi connectivity index (χ1n) is 7.47. The molecule has 0 nitrogen and oxygen atoms in total. The monoisotopic (exact) mass is 226 g/mol. The van der Waals surface area contributed by atoms with Crippen LogP contribution in [0.4, 0.5) is 0 Å². The molecule has 0 rings (SSSR count). The van der Waals surface area contributed by atoms with Gasteiger partial charge in [0.15, 0.2) is 0 Å². The fourth-order valence-corrected chi connectivity index (χ4v) is 3.32. The highest BCUT2D eigenvalue weighted by molar-refractivity contribution is 4.74. The third-order valence-corrected chi connectivity index (χ3v) is 4.71. The average Bonchev–Trinajstić information content (AvgIpc) is 2.25. The van der Waals surface area contributed by atoms with Gasteiger partial charge in [0.05, 0.1) is 0 Å². The Morgan fingerprint density at radius 3 is 1.56 bits per heavy atom. The lowest BCUT2D eigenvalue weighted by Crippen LogP contribution is -2.22. The zero-order valence-electron chi connectivity index (χ0n) is 12.7. The fourth-order valence-electron chi connectivity index (χ4n) is 3.32. The van der Waals surface area contributed by atoms with Crippen LogP contribution >= 0.6 is 0 Å². The SMILES string of the molecule is CCC(C)C(CC)CC(C)C(CC)C(C)C. The summed E-state index contributed by atoms with van der Waals surface area (Å²) < 4.78 is 0. The molecule has 0 spiro atoms. The third kappa shape index (κ3) is 4.89. The molecule has 4 unspecified atom stereocenters. The summed E-state index contributed by atoms with van der Waals surface area (Å²) in [6.07, 6.45) is 5.47. The van der Waals surface area contributed by atoms with E-state index < -0.39 is 0 Å². The van der Waals surface area contributed by atoms with Gasteiger partial charge in [-0.2, -0.15) is 0 Å². The number of hydrogen-bond acceptors (Lipinski definition) is 0. The van der Waals surface area contributed by atoms with E-state index in [9.17, 15) is 0 Å². The molecule has 98 valence electrons. The van der Waals surface area contributed by atoms with Crippen molar-refractivity contribution in [2.45, 2.75) is 74.1 Å². The third-order valence-electron chi connectivity index (χ3n) is 4.71. The summed E-state index contributed by atoms with van der Waals surface area (Å²) in [5.74, 6) is 4.49. The first-order valence-corrected chi connectivity index (χ1v) is 7.47. The number of rotatable bonds is 8. The highest BCUT2D eigenvalue weighted by atomic mass is 14.3. The van der Waals surface area contributed by atoms with Crippen LogP contribution in [0.25, 0.3) is 0 Å². The largest absolute Gasteiger partial charge is 0.0651 e. The van der Waals surface area contributed by atoms with Gasteiger partial charge >= 0.3 is 0 Å². The summed E-state index contributed by atoms with van der Waals surface area (Å²) in [7, 11) is 0. The van der Waals surface area contributed by atoms with Crippen molar-refractivity contribution in [3.05, 3.63) is 0 Å². The van der Waals surface area contributed by atoms with Crippen LogP contribution in [0.3, 0.4) is 0 Å². The lowest BCUT2D eigenvalue weighted by atomic mass is 9.74. The van der Waals surface area contributed by atoms with Crippen molar-refractivity contribution in [3.63, 3.8) is 0 Å². The quantitative estimate of drug-likeness (QED) is 0.493. The van der Waals surface area contributed by atoms with Gasteiger partial charge in [-0.25, -0.2) is 0 Å². The van der Waals surface area contributed by atoms with Crippen molar-refractivity contribution >= 4 is 0 Å². The van der Waals surface area contributed by atoms with E-state index in [0.29, 0.717) is 0 Å². The van der Waals surface area contributed by atoms with E-state index in [1.165, 1.54) is 25.7 Å². The molecular formula is C16H34. The van der Waals surface area contributed by atoms with Crippen molar-refractivity contribution in [1.29, 1.82) is 0 Å².